The van der Waals surface area contributed by atoms with Gasteiger partial charge in [0.15, 0.2) is 0 Å². The second kappa shape index (κ2) is 10.6. The molecular weight excluding hydrogens is 487 g/mol. The summed E-state index contributed by atoms with van der Waals surface area (Å²) in [4.78, 5) is 0. The highest BCUT2D eigenvalue weighted by molar-refractivity contribution is 7.99. The van der Waals surface area contributed by atoms with Crippen LogP contribution in [0.5, 0.6) is 0 Å². The van der Waals surface area contributed by atoms with E-state index in [4.69, 9.17) is 23.2 Å². The number of nitrogens with zero attached hydrogens (tertiary/aromatic N) is 5. The third kappa shape index (κ3) is 5.13. The lowest BCUT2D eigenvalue weighted by molar-refractivity contribution is 0.725. The number of rotatable bonds is 9. The Morgan fingerprint density at radius 3 is 2.59 bits per heavy atom. The van der Waals surface area contributed by atoms with Crippen molar-refractivity contribution in [3.8, 4) is 5.69 Å². The van der Waals surface area contributed by atoms with Crippen LogP contribution in [0, 0.1) is 0 Å². The third-order valence-electron chi connectivity index (χ3n) is 5.49. The number of para-hydroxylation sites is 2. The number of benzene rings is 3. The van der Waals surface area contributed by atoms with Gasteiger partial charge in [0.1, 0.15) is 0 Å². The molecule has 1 N–H and O–H groups in total. The molecule has 3 aromatic carbocycles. The molecule has 9 heteroatoms. The first-order chi connectivity index (χ1) is 16.7. The Balaban J connectivity index is 1.22. The van der Waals surface area contributed by atoms with Crippen LogP contribution < -0.4 is 5.32 Å². The molecule has 0 aliphatic heterocycles. The van der Waals surface area contributed by atoms with Crippen molar-refractivity contribution in [3.05, 3.63) is 100 Å². The molecule has 0 fully saturated rings. The van der Waals surface area contributed by atoms with Crippen LogP contribution in [-0.4, -0.2) is 37.1 Å². The summed E-state index contributed by atoms with van der Waals surface area (Å²) >= 11 is 14.1. The second-order valence-corrected chi connectivity index (χ2v) is 9.67. The molecule has 0 unspecified atom stereocenters. The van der Waals surface area contributed by atoms with E-state index in [9.17, 15) is 0 Å². The van der Waals surface area contributed by atoms with Crippen LogP contribution in [0.3, 0.4) is 0 Å². The van der Waals surface area contributed by atoms with Gasteiger partial charge in [-0.15, -0.1) is 5.10 Å². The van der Waals surface area contributed by atoms with Crippen LogP contribution in [0.4, 0.5) is 0 Å². The summed E-state index contributed by atoms with van der Waals surface area (Å²) in [6.07, 6.45) is 2.20. The quantitative estimate of drug-likeness (QED) is 0.199. The highest BCUT2D eigenvalue weighted by atomic mass is 35.5. The number of nitrogens with one attached hydrogen (secondary N) is 1. The van der Waals surface area contributed by atoms with Crippen molar-refractivity contribution in [1.82, 2.24) is 30.1 Å². The van der Waals surface area contributed by atoms with E-state index in [1.807, 2.05) is 42.5 Å². The standard InChI is InChI=1S/C25H22Cl2N6S/c26-20-11-10-18(23(27)14-20)16-32-17-19(22-8-4-5-9-24(22)32)15-28-12-13-34-25-29-30-31-33(25)21-6-2-1-3-7-21/h1-11,14,17,28H,12-13,15-16H2. The number of halogens is 2. The molecule has 34 heavy (non-hydrogen) atoms. The van der Waals surface area contributed by atoms with E-state index in [0.29, 0.717) is 16.6 Å². The van der Waals surface area contributed by atoms with Gasteiger partial charge in [-0.3, -0.25) is 0 Å². The first-order valence-electron chi connectivity index (χ1n) is 10.9. The zero-order valence-electron chi connectivity index (χ0n) is 18.2. The van der Waals surface area contributed by atoms with Gasteiger partial charge >= 0.3 is 0 Å². The Kier molecular flexibility index (Phi) is 7.16. The average Bonchev–Trinajstić information content (AvgIpc) is 3.46. The van der Waals surface area contributed by atoms with E-state index in [0.717, 1.165) is 35.2 Å². The summed E-state index contributed by atoms with van der Waals surface area (Å²) in [7, 11) is 0. The lowest BCUT2D eigenvalue weighted by Crippen LogP contribution is -2.16. The van der Waals surface area contributed by atoms with Crippen LogP contribution in [0.25, 0.3) is 16.6 Å². The van der Waals surface area contributed by atoms with Gasteiger partial charge in [0.05, 0.1) is 5.69 Å². The van der Waals surface area contributed by atoms with Gasteiger partial charge in [0.25, 0.3) is 0 Å². The van der Waals surface area contributed by atoms with E-state index in [1.165, 1.54) is 16.5 Å². The molecule has 0 spiro atoms. The number of hydrogen-bond acceptors (Lipinski definition) is 5. The maximum atomic E-state index is 6.42. The number of hydrogen-bond donors (Lipinski definition) is 1. The molecule has 0 aliphatic carbocycles. The van der Waals surface area contributed by atoms with Crippen molar-refractivity contribution in [3.63, 3.8) is 0 Å². The molecule has 0 saturated heterocycles. The molecule has 5 rings (SSSR count). The average molecular weight is 509 g/mol. The summed E-state index contributed by atoms with van der Waals surface area (Å²) in [6, 6.07) is 24.0. The van der Waals surface area contributed by atoms with Gasteiger partial charge < -0.3 is 9.88 Å². The topological polar surface area (TPSA) is 60.6 Å². The summed E-state index contributed by atoms with van der Waals surface area (Å²) in [5.74, 6) is 0.853. The molecule has 172 valence electrons. The fourth-order valence-corrected chi connectivity index (χ4v) is 5.12. The third-order valence-corrected chi connectivity index (χ3v) is 7.00. The van der Waals surface area contributed by atoms with Crippen molar-refractivity contribution in [2.75, 3.05) is 12.3 Å². The summed E-state index contributed by atoms with van der Waals surface area (Å²) in [5.41, 5.74) is 4.43. The Bertz CT molecular complexity index is 1400. The van der Waals surface area contributed by atoms with Gasteiger partial charge in [0.2, 0.25) is 5.16 Å². The van der Waals surface area contributed by atoms with Gasteiger partial charge in [-0.25, -0.2) is 0 Å². The first kappa shape index (κ1) is 22.9. The Labute approximate surface area is 211 Å². The largest absolute Gasteiger partial charge is 0.343 e. The molecule has 0 atom stereocenters. The molecule has 5 aromatic rings. The number of tetrazole rings is 1. The van der Waals surface area contributed by atoms with Crippen LogP contribution in [0.15, 0.2) is 84.1 Å². The van der Waals surface area contributed by atoms with Crippen LogP contribution >= 0.6 is 35.0 Å². The van der Waals surface area contributed by atoms with Crippen molar-refractivity contribution in [1.29, 1.82) is 0 Å². The Hall–Kier alpha value is -2.84. The van der Waals surface area contributed by atoms with Gasteiger partial charge in [0, 0.05) is 52.5 Å². The van der Waals surface area contributed by atoms with Crippen molar-refractivity contribution in [2.45, 2.75) is 18.2 Å². The molecule has 6 nitrogen and oxygen atoms in total. The smallest absolute Gasteiger partial charge is 0.214 e. The predicted octanol–water partition coefficient (Wildman–Crippen LogP) is 5.85. The molecular formula is C25H22Cl2N6S. The SMILES string of the molecule is Clc1ccc(Cn2cc(CNCCSc3nnnn3-c3ccccc3)c3ccccc32)c(Cl)c1. The fraction of sp³-hybridized carbons (Fsp3) is 0.160. The Morgan fingerprint density at radius 2 is 1.74 bits per heavy atom. The molecule has 0 aliphatic rings. The van der Waals surface area contributed by atoms with Crippen molar-refractivity contribution >= 4 is 45.9 Å². The van der Waals surface area contributed by atoms with Crippen LogP contribution in [0.1, 0.15) is 11.1 Å². The normalized spacial score (nSPS) is 11.4. The van der Waals surface area contributed by atoms with Crippen molar-refractivity contribution in [2.24, 2.45) is 0 Å². The number of thioether (sulfide) groups is 1. The monoisotopic (exact) mass is 508 g/mol. The minimum absolute atomic E-state index is 0.645. The van der Waals surface area contributed by atoms with E-state index >= 15 is 0 Å². The number of aromatic nitrogens is 5. The molecule has 0 amide bonds. The van der Waals surface area contributed by atoms with E-state index in [1.54, 1.807) is 22.5 Å². The van der Waals surface area contributed by atoms with Gasteiger partial charge in [-0.2, -0.15) is 4.68 Å². The molecule has 0 saturated carbocycles. The molecule has 0 radical (unpaired) electrons. The van der Waals surface area contributed by atoms with E-state index in [-0.39, 0.29) is 0 Å². The minimum Gasteiger partial charge on any atom is -0.343 e. The minimum atomic E-state index is 0.645. The predicted molar refractivity (Wildman–Crippen MR) is 139 cm³/mol. The number of fused-ring (bicyclic) bond motifs is 1. The van der Waals surface area contributed by atoms with Crippen LogP contribution in [-0.2, 0) is 13.1 Å². The maximum absolute atomic E-state index is 6.42. The highest BCUT2D eigenvalue weighted by Gasteiger charge is 2.11. The van der Waals surface area contributed by atoms with Crippen LogP contribution in [0.2, 0.25) is 10.0 Å². The van der Waals surface area contributed by atoms with E-state index < -0.39 is 0 Å². The van der Waals surface area contributed by atoms with Crippen molar-refractivity contribution < 1.29 is 0 Å². The zero-order valence-corrected chi connectivity index (χ0v) is 20.6. The lowest BCUT2D eigenvalue weighted by Gasteiger charge is -2.08. The van der Waals surface area contributed by atoms with Gasteiger partial charge in [-0.05, 0) is 51.9 Å². The highest BCUT2D eigenvalue weighted by Crippen LogP contribution is 2.26. The molecule has 2 heterocycles. The molecule has 0 bridgehead atoms. The fourth-order valence-electron chi connectivity index (χ4n) is 3.87. The molecule has 2 aromatic heterocycles. The first-order valence-corrected chi connectivity index (χ1v) is 12.6. The zero-order chi connectivity index (χ0) is 23.3. The lowest BCUT2D eigenvalue weighted by atomic mass is 10.2. The Morgan fingerprint density at radius 1 is 0.912 bits per heavy atom. The summed E-state index contributed by atoms with van der Waals surface area (Å²) in [6.45, 7) is 2.29. The summed E-state index contributed by atoms with van der Waals surface area (Å²) < 4.78 is 4.00. The summed E-state index contributed by atoms with van der Waals surface area (Å²) in [5, 5.41) is 19.0. The second-order valence-electron chi connectivity index (χ2n) is 7.77. The van der Waals surface area contributed by atoms with Gasteiger partial charge in [-0.1, -0.05) is 77.4 Å². The van der Waals surface area contributed by atoms with E-state index in [2.05, 4.69) is 55.9 Å². The maximum Gasteiger partial charge on any atom is 0.214 e.